The molecule has 5 heteroatoms. The van der Waals surface area contributed by atoms with E-state index in [1.807, 2.05) is 28.9 Å². The molecule has 5 nitrogen and oxygen atoms in total. The summed E-state index contributed by atoms with van der Waals surface area (Å²) >= 11 is 0. The SMILES string of the molecule is Cc1ccc(OCCn2nnc(CO)c2C2CCC2)cc1. The van der Waals surface area contributed by atoms with Crippen LogP contribution in [0.2, 0.25) is 0 Å². The second kappa shape index (κ2) is 6.26. The molecule has 1 aliphatic rings. The molecule has 1 saturated carbocycles. The molecule has 3 rings (SSSR count). The fourth-order valence-electron chi connectivity index (χ4n) is 2.65. The highest BCUT2D eigenvalue weighted by molar-refractivity contribution is 5.26. The number of aliphatic hydroxyl groups excluding tert-OH is 1. The van der Waals surface area contributed by atoms with Crippen molar-refractivity contribution >= 4 is 0 Å². The van der Waals surface area contributed by atoms with E-state index in [1.165, 1.54) is 24.8 Å². The number of nitrogens with zero attached hydrogens (tertiary/aromatic N) is 3. The molecule has 1 fully saturated rings. The summed E-state index contributed by atoms with van der Waals surface area (Å²) in [6, 6.07) is 8.02. The van der Waals surface area contributed by atoms with Crippen LogP contribution in [0.3, 0.4) is 0 Å². The monoisotopic (exact) mass is 287 g/mol. The van der Waals surface area contributed by atoms with Crippen LogP contribution < -0.4 is 4.74 Å². The van der Waals surface area contributed by atoms with Gasteiger partial charge in [-0.15, -0.1) is 5.10 Å². The molecule has 112 valence electrons. The molecular weight excluding hydrogens is 266 g/mol. The molecule has 1 aromatic heterocycles. The lowest BCUT2D eigenvalue weighted by atomic mass is 9.82. The summed E-state index contributed by atoms with van der Waals surface area (Å²) in [6.45, 7) is 3.23. The Hall–Kier alpha value is -1.88. The normalized spacial score (nSPS) is 15.0. The molecule has 2 aromatic rings. The Bertz CT molecular complexity index is 588. The maximum absolute atomic E-state index is 9.38. The van der Waals surface area contributed by atoms with Gasteiger partial charge in [-0.3, -0.25) is 0 Å². The molecule has 1 N–H and O–H groups in total. The molecule has 0 spiro atoms. The van der Waals surface area contributed by atoms with Gasteiger partial charge in [0.2, 0.25) is 0 Å². The van der Waals surface area contributed by atoms with Crippen molar-refractivity contribution in [2.75, 3.05) is 6.61 Å². The largest absolute Gasteiger partial charge is 0.492 e. The zero-order valence-corrected chi connectivity index (χ0v) is 12.3. The summed E-state index contributed by atoms with van der Waals surface area (Å²) in [5.41, 5.74) is 3.03. The van der Waals surface area contributed by atoms with Gasteiger partial charge in [0.05, 0.1) is 18.8 Å². The highest BCUT2D eigenvalue weighted by Crippen LogP contribution is 2.37. The molecule has 0 radical (unpaired) electrons. The number of aromatic nitrogens is 3. The van der Waals surface area contributed by atoms with Gasteiger partial charge >= 0.3 is 0 Å². The maximum Gasteiger partial charge on any atom is 0.119 e. The van der Waals surface area contributed by atoms with Crippen LogP contribution in [-0.2, 0) is 13.2 Å². The van der Waals surface area contributed by atoms with E-state index in [4.69, 9.17) is 4.74 Å². The predicted octanol–water partition coefficient (Wildman–Crippen LogP) is 2.43. The molecule has 1 heterocycles. The van der Waals surface area contributed by atoms with Gasteiger partial charge in [-0.2, -0.15) is 0 Å². The van der Waals surface area contributed by atoms with Crippen molar-refractivity contribution in [3.63, 3.8) is 0 Å². The molecule has 0 bridgehead atoms. The van der Waals surface area contributed by atoms with Crippen molar-refractivity contribution in [3.8, 4) is 5.75 Å². The lowest BCUT2D eigenvalue weighted by Crippen LogP contribution is -2.19. The molecule has 0 atom stereocenters. The topological polar surface area (TPSA) is 60.2 Å². The Labute approximate surface area is 124 Å². The second-order valence-electron chi connectivity index (χ2n) is 5.59. The summed E-state index contributed by atoms with van der Waals surface area (Å²) < 4.78 is 7.64. The fourth-order valence-corrected chi connectivity index (χ4v) is 2.65. The first kappa shape index (κ1) is 14.1. The highest BCUT2D eigenvalue weighted by atomic mass is 16.5. The van der Waals surface area contributed by atoms with Crippen molar-refractivity contribution in [2.45, 2.75) is 45.3 Å². The van der Waals surface area contributed by atoms with E-state index in [2.05, 4.69) is 17.2 Å². The molecule has 0 aliphatic heterocycles. The smallest absolute Gasteiger partial charge is 0.119 e. The lowest BCUT2D eigenvalue weighted by molar-refractivity contribution is 0.267. The van der Waals surface area contributed by atoms with Crippen molar-refractivity contribution in [3.05, 3.63) is 41.2 Å². The van der Waals surface area contributed by atoms with Gasteiger partial charge in [0.15, 0.2) is 0 Å². The Morgan fingerprint density at radius 3 is 2.67 bits per heavy atom. The molecule has 1 aromatic carbocycles. The molecule has 0 saturated heterocycles. The number of aryl methyl sites for hydroxylation is 1. The van der Waals surface area contributed by atoms with E-state index in [0.29, 0.717) is 19.1 Å². The third-order valence-electron chi connectivity index (χ3n) is 4.08. The number of aliphatic hydroxyl groups is 1. The summed E-state index contributed by atoms with van der Waals surface area (Å²) in [5.74, 6) is 1.37. The van der Waals surface area contributed by atoms with Crippen LogP contribution >= 0.6 is 0 Å². The minimum absolute atomic E-state index is 0.0371. The van der Waals surface area contributed by atoms with Crippen molar-refractivity contribution in [1.82, 2.24) is 15.0 Å². The number of benzene rings is 1. The number of hydrogen-bond donors (Lipinski definition) is 1. The third kappa shape index (κ3) is 3.08. The standard InChI is InChI=1S/C16H21N3O2/c1-12-5-7-14(8-6-12)21-10-9-19-16(13-3-2-4-13)15(11-20)17-18-19/h5-8,13,20H,2-4,9-11H2,1H3. The average molecular weight is 287 g/mol. The quantitative estimate of drug-likeness (QED) is 0.886. The van der Waals surface area contributed by atoms with Crippen LogP contribution in [0.4, 0.5) is 0 Å². The van der Waals surface area contributed by atoms with Crippen molar-refractivity contribution in [2.24, 2.45) is 0 Å². The van der Waals surface area contributed by atoms with Crippen LogP contribution in [0.25, 0.3) is 0 Å². The lowest BCUT2D eigenvalue weighted by Gasteiger charge is -2.26. The van der Waals surface area contributed by atoms with E-state index in [0.717, 1.165) is 17.1 Å². The van der Waals surface area contributed by atoms with Crippen LogP contribution in [0, 0.1) is 6.92 Å². The van der Waals surface area contributed by atoms with Gasteiger partial charge in [-0.25, -0.2) is 4.68 Å². The number of hydrogen-bond acceptors (Lipinski definition) is 4. The summed E-state index contributed by atoms with van der Waals surface area (Å²) in [7, 11) is 0. The summed E-state index contributed by atoms with van der Waals surface area (Å²) in [4.78, 5) is 0. The maximum atomic E-state index is 9.38. The third-order valence-corrected chi connectivity index (χ3v) is 4.08. The highest BCUT2D eigenvalue weighted by Gasteiger charge is 2.27. The van der Waals surface area contributed by atoms with Crippen molar-refractivity contribution in [1.29, 1.82) is 0 Å². The fraction of sp³-hybridized carbons (Fsp3) is 0.500. The van der Waals surface area contributed by atoms with Crippen LogP contribution in [0.5, 0.6) is 5.75 Å². The van der Waals surface area contributed by atoms with Gasteiger partial charge in [0, 0.05) is 5.92 Å². The van der Waals surface area contributed by atoms with E-state index < -0.39 is 0 Å². The van der Waals surface area contributed by atoms with Gasteiger partial charge in [-0.1, -0.05) is 29.3 Å². The van der Waals surface area contributed by atoms with Gasteiger partial charge in [-0.05, 0) is 31.9 Å². The molecule has 1 aliphatic carbocycles. The summed E-state index contributed by atoms with van der Waals surface area (Å²) in [6.07, 6.45) is 3.58. The number of ether oxygens (including phenoxy) is 1. The first-order chi connectivity index (χ1) is 10.3. The first-order valence-electron chi connectivity index (χ1n) is 7.50. The first-order valence-corrected chi connectivity index (χ1v) is 7.50. The van der Waals surface area contributed by atoms with Crippen LogP contribution in [-0.4, -0.2) is 26.7 Å². The zero-order valence-electron chi connectivity index (χ0n) is 12.3. The molecule has 0 unspecified atom stereocenters. The van der Waals surface area contributed by atoms with E-state index >= 15 is 0 Å². The van der Waals surface area contributed by atoms with Crippen LogP contribution in [0.15, 0.2) is 24.3 Å². The summed E-state index contributed by atoms with van der Waals surface area (Å²) in [5, 5.41) is 17.6. The van der Waals surface area contributed by atoms with Crippen LogP contribution in [0.1, 0.15) is 42.1 Å². The van der Waals surface area contributed by atoms with Gasteiger partial charge in [0.1, 0.15) is 18.1 Å². The Kier molecular flexibility index (Phi) is 4.20. The minimum atomic E-state index is -0.0371. The Morgan fingerprint density at radius 2 is 2.05 bits per heavy atom. The van der Waals surface area contributed by atoms with Gasteiger partial charge < -0.3 is 9.84 Å². The Morgan fingerprint density at radius 1 is 1.29 bits per heavy atom. The molecule has 0 amide bonds. The van der Waals surface area contributed by atoms with E-state index in [9.17, 15) is 5.11 Å². The second-order valence-corrected chi connectivity index (χ2v) is 5.59. The molecular formula is C16H21N3O2. The Balaban J connectivity index is 1.62. The van der Waals surface area contributed by atoms with Crippen molar-refractivity contribution < 1.29 is 9.84 Å². The predicted molar refractivity (Wildman–Crippen MR) is 79.2 cm³/mol. The number of rotatable bonds is 6. The van der Waals surface area contributed by atoms with E-state index in [1.54, 1.807) is 0 Å². The van der Waals surface area contributed by atoms with Gasteiger partial charge in [0.25, 0.3) is 0 Å². The zero-order chi connectivity index (χ0) is 14.7. The average Bonchev–Trinajstić information content (AvgIpc) is 2.82. The molecule has 21 heavy (non-hydrogen) atoms. The minimum Gasteiger partial charge on any atom is -0.492 e. The van der Waals surface area contributed by atoms with E-state index in [-0.39, 0.29) is 6.61 Å².